The van der Waals surface area contributed by atoms with Gasteiger partial charge in [-0.3, -0.25) is 9.00 Å². The molecule has 156 valence electrons. The molecule has 1 aliphatic heterocycles. The van der Waals surface area contributed by atoms with Gasteiger partial charge < -0.3 is 10.1 Å². The number of nitrogens with zero attached hydrogens (tertiary/aromatic N) is 2. The lowest BCUT2D eigenvalue weighted by atomic mass is 9.87. The highest BCUT2D eigenvalue weighted by atomic mass is 32.2. The molecule has 0 saturated carbocycles. The van der Waals surface area contributed by atoms with Gasteiger partial charge in [-0.2, -0.15) is 5.10 Å². The molecule has 0 bridgehead atoms. The van der Waals surface area contributed by atoms with Gasteiger partial charge in [0.05, 0.1) is 30.0 Å². The van der Waals surface area contributed by atoms with Crippen LogP contribution in [0.15, 0.2) is 48.5 Å². The van der Waals surface area contributed by atoms with Gasteiger partial charge in [0.25, 0.3) is 5.91 Å². The molecular weight excluding hydrogens is 398 g/mol. The molecule has 2 heterocycles. The predicted molar refractivity (Wildman–Crippen MR) is 119 cm³/mol. The molecule has 7 heteroatoms. The third-order valence-electron chi connectivity index (χ3n) is 5.23. The molecule has 1 amide bonds. The molecule has 1 N–H and O–H groups in total. The second-order valence-electron chi connectivity index (χ2n) is 8.39. The number of carbonyl (C=O) groups is 1. The molecule has 1 aromatic heterocycles. The summed E-state index contributed by atoms with van der Waals surface area (Å²) in [7, 11) is 0.627. The van der Waals surface area contributed by atoms with E-state index >= 15 is 0 Å². The maximum atomic E-state index is 13.0. The van der Waals surface area contributed by atoms with Crippen molar-refractivity contribution in [2.45, 2.75) is 37.7 Å². The zero-order valence-electron chi connectivity index (χ0n) is 17.6. The fourth-order valence-corrected chi connectivity index (χ4v) is 4.73. The summed E-state index contributed by atoms with van der Waals surface area (Å²) in [6.45, 7) is 6.41. The van der Waals surface area contributed by atoms with Gasteiger partial charge in [-0.1, -0.05) is 32.9 Å². The minimum atomic E-state index is -0.988. The van der Waals surface area contributed by atoms with Crippen molar-refractivity contribution in [3.05, 3.63) is 70.9 Å². The molecular formula is C23H25N3O3S. The van der Waals surface area contributed by atoms with E-state index in [0.29, 0.717) is 22.9 Å². The maximum Gasteiger partial charge on any atom is 0.256 e. The van der Waals surface area contributed by atoms with Crippen molar-refractivity contribution in [3.63, 3.8) is 0 Å². The smallest absolute Gasteiger partial charge is 0.256 e. The van der Waals surface area contributed by atoms with Gasteiger partial charge in [0.15, 0.2) is 0 Å². The number of fused-ring (bicyclic) bond motifs is 1. The van der Waals surface area contributed by atoms with Gasteiger partial charge in [-0.05, 0) is 47.4 Å². The lowest BCUT2D eigenvalue weighted by Gasteiger charge is -2.19. The maximum absolute atomic E-state index is 13.0. The molecule has 4 rings (SSSR count). The third-order valence-corrected chi connectivity index (χ3v) is 6.44. The van der Waals surface area contributed by atoms with Gasteiger partial charge in [0, 0.05) is 21.9 Å². The van der Waals surface area contributed by atoms with E-state index < -0.39 is 10.8 Å². The van der Waals surface area contributed by atoms with E-state index in [1.54, 1.807) is 11.8 Å². The van der Waals surface area contributed by atoms with E-state index in [4.69, 9.17) is 4.74 Å². The summed E-state index contributed by atoms with van der Waals surface area (Å²) < 4.78 is 19.0. The Balaban J connectivity index is 1.67. The summed E-state index contributed by atoms with van der Waals surface area (Å²) in [4.78, 5) is 13.0. The largest absolute Gasteiger partial charge is 0.497 e. The number of amides is 1. The Morgan fingerprint density at radius 1 is 1.07 bits per heavy atom. The van der Waals surface area contributed by atoms with Crippen LogP contribution in [0, 0.1) is 0 Å². The Labute approximate surface area is 178 Å². The first kappa shape index (κ1) is 20.3. The van der Waals surface area contributed by atoms with E-state index in [0.717, 1.165) is 22.7 Å². The Bertz CT molecular complexity index is 1110. The van der Waals surface area contributed by atoms with Crippen molar-refractivity contribution in [1.82, 2.24) is 9.78 Å². The molecule has 0 fully saturated rings. The van der Waals surface area contributed by atoms with Crippen LogP contribution in [0.25, 0.3) is 5.69 Å². The first-order valence-corrected chi connectivity index (χ1v) is 11.3. The Morgan fingerprint density at radius 2 is 1.73 bits per heavy atom. The number of benzene rings is 2. The van der Waals surface area contributed by atoms with Crippen LogP contribution in [0.3, 0.4) is 0 Å². The number of hydrogen-bond acceptors (Lipinski definition) is 4. The molecule has 0 radical (unpaired) electrons. The van der Waals surface area contributed by atoms with Gasteiger partial charge in [-0.15, -0.1) is 0 Å². The second-order valence-corrected chi connectivity index (χ2v) is 9.85. The first-order valence-electron chi connectivity index (χ1n) is 9.78. The molecule has 1 atom stereocenters. The van der Waals surface area contributed by atoms with Gasteiger partial charge in [-0.25, -0.2) is 4.68 Å². The van der Waals surface area contributed by atoms with Crippen LogP contribution in [-0.2, 0) is 27.7 Å². The van der Waals surface area contributed by atoms with E-state index in [9.17, 15) is 9.00 Å². The van der Waals surface area contributed by atoms with E-state index in [2.05, 4.69) is 31.2 Å². The Morgan fingerprint density at radius 3 is 2.33 bits per heavy atom. The topological polar surface area (TPSA) is 73.2 Å². The molecule has 0 aliphatic carbocycles. The zero-order valence-corrected chi connectivity index (χ0v) is 18.4. The molecule has 0 saturated heterocycles. The number of hydrogen-bond donors (Lipinski definition) is 1. The van der Waals surface area contributed by atoms with Crippen LogP contribution >= 0.6 is 0 Å². The highest BCUT2D eigenvalue weighted by Gasteiger charge is 2.28. The summed E-state index contributed by atoms with van der Waals surface area (Å²) in [5.41, 5.74) is 4.16. The highest BCUT2D eigenvalue weighted by Crippen LogP contribution is 2.32. The molecule has 30 heavy (non-hydrogen) atoms. The van der Waals surface area contributed by atoms with Crippen LogP contribution in [0.5, 0.6) is 5.75 Å². The fraction of sp³-hybridized carbons (Fsp3) is 0.304. The Kier molecular flexibility index (Phi) is 5.24. The number of methoxy groups -OCH3 is 1. The minimum absolute atomic E-state index is 0.0207. The van der Waals surface area contributed by atoms with Crippen molar-refractivity contribution in [1.29, 1.82) is 0 Å². The lowest BCUT2D eigenvalue weighted by Crippen LogP contribution is -2.17. The monoisotopic (exact) mass is 423 g/mol. The number of anilines is 1. The minimum Gasteiger partial charge on any atom is -0.497 e. The van der Waals surface area contributed by atoms with Crippen molar-refractivity contribution in [2.24, 2.45) is 0 Å². The molecule has 6 nitrogen and oxygen atoms in total. The predicted octanol–water partition coefficient (Wildman–Crippen LogP) is 4.19. The van der Waals surface area contributed by atoms with E-state index in [-0.39, 0.29) is 11.3 Å². The van der Waals surface area contributed by atoms with Gasteiger partial charge in [0.2, 0.25) is 0 Å². The molecule has 0 unspecified atom stereocenters. The van der Waals surface area contributed by atoms with Crippen LogP contribution < -0.4 is 10.1 Å². The lowest BCUT2D eigenvalue weighted by molar-refractivity contribution is 0.102. The zero-order chi connectivity index (χ0) is 21.5. The highest BCUT2D eigenvalue weighted by molar-refractivity contribution is 7.83. The first-order chi connectivity index (χ1) is 14.3. The van der Waals surface area contributed by atoms with Crippen LogP contribution in [0.2, 0.25) is 0 Å². The average molecular weight is 424 g/mol. The number of rotatable bonds is 4. The van der Waals surface area contributed by atoms with E-state index in [1.807, 2.05) is 48.5 Å². The fourth-order valence-electron chi connectivity index (χ4n) is 3.47. The van der Waals surface area contributed by atoms with Gasteiger partial charge >= 0.3 is 0 Å². The number of aromatic nitrogens is 2. The standard InChI is InChI=1S/C23H25N3O3S/c1-23(2,3)16-7-5-15(6-8-16)22(27)24-21-19-13-30(28)14-20(19)25-26(21)17-9-11-18(29-4)12-10-17/h5-12H,13-14H2,1-4H3,(H,24,27)/t30-/m0/s1. The normalized spacial score (nSPS) is 15.7. The quantitative estimate of drug-likeness (QED) is 0.683. The Hall–Kier alpha value is -2.93. The molecule has 3 aromatic rings. The molecule has 0 spiro atoms. The molecule has 2 aromatic carbocycles. The number of carbonyl (C=O) groups excluding carboxylic acids is 1. The van der Waals surface area contributed by atoms with Crippen molar-refractivity contribution in [3.8, 4) is 11.4 Å². The summed E-state index contributed by atoms with van der Waals surface area (Å²) >= 11 is 0. The van der Waals surface area contributed by atoms with Crippen LogP contribution in [0.1, 0.15) is 48.0 Å². The molecule has 1 aliphatic rings. The average Bonchev–Trinajstić information content (AvgIpc) is 3.24. The van der Waals surface area contributed by atoms with Crippen LogP contribution in [-0.4, -0.2) is 27.0 Å². The van der Waals surface area contributed by atoms with Crippen molar-refractivity contribution >= 4 is 22.5 Å². The summed E-state index contributed by atoms with van der Waals surface area (Å²) in [6, 6.07) is 15.1. The van der Waals surface area contributed by atoms with Crippen LogP contribution in [0.4, 0.5) is 5.82 Å². The number of nitrogens with one attached hydrogen (secondary N) is 1. The SMILES string of the molecule is COc1ccc(-n2nc3c(c2NC(=O)c2ccc(C(C)(C)C)cc2)C[S@](=O)C3)cc1. The summed E-state index contributed by atoms with van der Waals surface area (Å²) in [6.07, 6.45) is 0. The third kappa shape index (κ3) is 3.89. The second kappa shape index (κ2) is 7.72. The summed E-state index contributed by atoms with van der Waals surface area (Å²) in [5.74, 6) is 1.90. The van der Waals surface area contributed by atoms with Gasteiger partial charge in [0.1, 0.15) is 11.6 Å². The van der Waals surface area contributed by atoms with Crippen molar-refractivity contribution < 1.29 is 13.7 Å². The summed E-state index contributed by atoms with van der Waals surface area (Å²) in [5, 5.41) is 7.64. The van der Waals surface area contributed by atoms with E-state index in [1.165, 1.54) is 5.56 Å². The number of ether oxygens (including phenoxy) is 1. The van der Waals surface area contributed by atoms with Crippen molar-refractivity contribution in [2.75, 3.05) is 12.4 Å².